The van der Waals surface area contributed by atoms with Crippen LogP contribution in [0, 0.1) is 0 Å². The molecule has 0 saturated carbocycles. The smallest absolute Gasteiger partial charge is 0.336 e. The third kappa shape index (κ3) is 2.73. The average Bonchev–Trinajstić information content (AvgIpc) is 3.01. The molecule has 0 bridgehead atoms. The van der Waals surface area contributed by atoms with Crippen LogP contribution >= 0.6 is 0 Å². The molecule has 4 rings (SSSR count). The molecular weight excluding hydrogens is 358 g/mol. The molecule has 0 radical (unpaired) electrons. The zero-order valence-electron chi connectivity index (χ0n) is 15.3. The fourth-order valence-corrected chi connectivity index (χ4v) is 3.33. The predicted molar refractivity (Wildman–Crippen MR) is 105 cm³/mol. The highest BCUT2D eigenvalue weighted by atomic mass is 16.5. The van der Waals surface area contributed by atoms with Crippen LogP contribution in [0.25, 0.3) is 17.0 Å². The monoisotopic (exact) mass is 375 g/mol. The van der Waals surface area contributed by atoms with Gasteiger partial charge in [-0.15, -0.1) is 0 Å². The molecule has 2 aromatic carbocycles. The minimum absolute atomic E-state index is 0.123. The molecule has 1 N–H and O–H groups in total. The summed E-state index contributed by atoms with van der Waals surface area (Å²) in [5, 5.41) is 3.13. The number of aromatic nitrogens is 1. The molecule has 28 heavy (non-hydrogen) atoms. The number of nitrogens with zero attached hydrogens (tertiary/aromatic N) is 2. The van der Waals surface area contributed by atoms with Gasteiger partial charge in [0, 0.05) is 29.7 Å². The first-order chi connectivity index (χ1) is 13.5. The summed E-state index contributed by atoms with van der Waals surface area (Å²) < 4.78 is 7.17. The molecule has 0 aliphatic carbocycles. The Morgan fingerprint density at radius 2 is 1.71 bits per heavy atom. The van der Waals surface area contributed by atoms with Crippen molar-refractivity contribution in [3.8, 4) is 5.75 Å². The van der Waals surface area contributed by atoms with E-state index in [2.05, 4.69) is 5.32 Å². The number of urea groups is 1. The van der Waals surface area contributed by atoms with Gasteiger partial charge in [0.1, 0.15) is 11.3 Å². The van der Waals surface area contributed by atoms with Gasteiger partial charge in [0.15, 0.2) is 0 Å². The lowest BCUT2D eigenvalue weighted by Gasteiger charge is -2.27. The Labute approximate surface area is 160 Å². The maximum atomic E-state index is 13.1. The maximum absolute atomic E-state index is 13.1. The number of hydrogen-bond acceptors (Lipinski definition) is 4. The molecule has 1 aromatic heterocycles. The number of anilines is 1. The molecule has 1 aliphatic rings. The van der Waals surface area contributed by atoms with E-state index in [9.17, 15) is 14.4 Å². The van der Waals surface area contributed by atoms with Crippen molar-refractivity contribution in [2.45, 2.75) is 0 Å². The first kappa shape index (κ1) is 17.5. The summed E-state index contributed by atoms with van der Waals surface area (Å²) in [6.45, 7) is 0. The van der Waals surface area contributed by atoms with E-state index in [-0.39, 0.29) is 11.3 Å². The molecule has 1 fully saturated rings. The number of para-hydroxylation sites is 3. The SMILES string of the molecule is COc1ccccc1N1C(=O)NC(=O)/C(=C/c2cn(C)c3ccccc23)C1=O. The molecule has 0 unspecified atom stereocenters. The van der Waals surface area contributed by atoms with E-state index in [1.165, 1.54) is 13.2 Å². The van der Waals surface area contributed by atoms with Gasteiger partial charge in [-0.25, -0.2) is 9.69 Å². The third-order valence-electron chi connectivity index (χ3n) is 4.66. The zero-order chi connectivity index (χ0) is 19.8. The third-order valence-corrected chi connectivity index (χ3v) is 4.66. The van der Waals surface area contributed by atoms with E-state index in [1.807, 2.05) is 42.1 Å². The number of amides is 4. The minimum atomic E-state index is -0.811. The van der Waals surface area contributed by atoms with Gasteiger partial charge in [-0.2, -0.15) is 0 Å². The number of benzene rings is 2. The number of nitrogens with one attached hydrogen (secondary N) is 1. The summed E-state index contributed by atoms with van der Waals surface area (Å²) in [5.41, 5.74) is 1.83. The van der Waals surface area contributed by atoms with Crippen molar-refractivity contribution in [2.24, 2.45) is 7.05 Å². The number of carbonyl (C=O) groups excluding carboxylic acids is 3. The van der Waals surface area contributed by atoms with E-state index in [4.69, 9.17) is 4.74 Å². The van der Waals surface area contributed by atoms with Crippen LogP contribution in [0.15, 0.2) is 60.3 Å². The van der Waals surface area contributed by atoms with Crippen molar-refractivity contribution >= 4 is 40.5 Å². The van der Waals surface area contributed by atoms with Gasteiger partial charge in [0.25, 0.3) is 11.8 Å². The Morgan fingerprint density at radius 1 is 1.00 bits per heavy atom. The average molecular weight is 375 g/mol. The molecular formula is C21H17N3O4. The van der Waals surface area contributed by atoms with Crippen molar-refractivity contribution in [1.82, 2.24) is 9.88 Å². The van der Waals surface area contributed by atoms with Crippen LogP contribution in [0.1, 0.15) is 5.56 Å². The van der Waals surface area contributed by atoms with E-state index in [0.717, 1.165) is 15.8 Å². The van der Waals surface area contributed by atoms with Gasteiger partial charge in [-0.05, 0) is 24.3 Å². The van der Waals surface area contributed by atoms with Crippen molar-refractivity contribution in [2.75, 3.05) is 12.0 Å². The van der Waals surface area contributed by atoms with Gasteiger partial charge in [-0.3, -0.25) is 14.9 Å². The highest BCUT2D eigenvalue weighted by Crippen LogP contribution is 2.31. The Hall–Kier alpha value is -3.87. The number of methoxy groups -OCH3 is 1. The topological polar surface area (TPSA) is 80.6 Å². The Kier molecular flexibility index (Phi) is 4.19. The van der Waals surface area contributed by atoms with Gasteiger partial charge in [0.05, 0.1) is 12.8 Å². The van der Waals surface area contributed by atoms with Crippen LogP contribution < -0.4 is 15.0 Å². The van der Waals surface area contributed by atoms with Gasteiger partial charge in [0.2, 0.25) is 0 Å². The summed E-state index contributed by atoms with van der Waals surface area (Å²) in [4.78, 5) is 38.8. The zero-order valence-corrected chi connectivity index (χ0v) is 15.3. The number of ether oxygens (including phenoxy) is 1. The van der Waals surface area contributed by atoms with E-state index < -0.39 is 17.8 Å². The molecule has 1 aliphatic heterocycles. The Balaban J connectivity index is 1.83. The van der Waals surface area contributed by atoms with Crippen LogP contribution in [0.3, 0.4) is 0 Å². The number of carbonyl (C=O) groups is 3. The number of barbiturate groups is 1. The lowest BCUT2D eigenvalue weighted by Crippen LogP contribution is -2.54. The summed E-state index contributed by atoms with van der Waals surface area (Å²) in [7, 11) is 3.33. The fraction of sp³-hybridized carbons (Fsp3) is 0.0952. The second kappa shape index (κ2) is 6.70. The van der Waals surface area contributed by atoms with Crippen LogP contribution in [-0.2, 0) is 16.6 Å². The van der Waals surface area contributed by atoms with Crippen molar-refractivity contribution < 1.29 is 19.1 Å². The molecule has 7 nitrogen and oxygen atoms in total. The molecule has 3 aromatic rings. The quantitative estimate of drug-likeness (QED) is 0.564. The van der Waals surface area contributed by atoms with Crippen molar-refractivity contribution in [3.63, 3.8) is 0 Å². The maximum Gasteiger partial charge on any atom is 0.336 e. The van der Waals surface area contributed by atoms with E-state index in [0.29, 0.717) is 11.3 Å². The second-order valence-electron chi connectivity index (χ2n) is 6.34. The van der Waals surface area contributed by atoms with Crippen LogP contribution in [0.4, 0.5) is 10.5 Å². The number of rotatable bonds is 3. The molecule has 0 spiro atoms. The molecule has 140 valence electrons. The van der Waals surface area contributed by atoms with Crippen LogP contribution in [0.2, 0.25) is 0 Å². The van der Waals surface area contributed by atoms with E-state index >= 15 is 0 Å². The summed E-state index contributed by atoms with van der Waals surface area (Å²) in [6, 6.07) is 13.5. The Morgan fingerprint density at radius 3 is 2.50 bits per heavy atom. The van der Waals surface area contributed by atoms with E-state index in [1.54, 1.807) is 24.3 Å². The standard InChI is InChI=1S/C21H17N3O4/c1-23-12-13(14-7-3-4-8-16(14)23)11-15-19(25)22-21(27)24(20(15)26)17-9-5-6-10-18(17)28-2/h3-12H,1-2H3,(H,22,25,27)/b15-11-. The van der Waals surface area contributed by atoms with Crippen LogP contribution in [0.5, 0.6) is 5.75 Å². The van der Waals surface area contributed by atoms with Crippen molar-refractivity contribution in [1.29, 1.82) is 0 Å². The van der Waals surface area contributed by atoms with Gasteiger partial charge < -0.3 is 9.30 Å². The lowest BCUT2D eigenvalue weighted by atomic mass is 10.1. The second-order valence-corrected chi connectivity index (χ2v) is 6.34. The Bertz CT molecular complexity index is 1160. The highest BCUT2D eigenvalue weighted by Gasteiger charge is 2.38. The lowest BCUT2D eigenvalue weighted by molar-refractivity contribution is -0.122. The molecule has 7 heteroatoms. The number of hydrogen-bond donors (Lipinski definition) is 1. The number of imide groups is 2. The van der Waals surface area contributed by atoms with Crippen LogP contribution in [-0.4, -0.2) is 29.5 Å². The summed E-state index contributed by atoms with van der Waals surface area (Å²) in [6.07, 6.45) is 3.34. The first-order valence-corrected chi connectivity index (χ1v) is 8.60. The first-order valence-electron chi connectivity index (χ1n) is 8.60. The number of aryl methyl sites for hydroxylation is 1. The summed E-state index contributed by atoms with van der Waals surface area (Å²) in [5.74, 6) is -1.08. The fourth-order valence-electron chi connectivity index (χ4n) is 3.33. The number of fused-ring (bicyclic) bond motifs is 1. The summed E-state index contributed by atoms with van der Waals surface area (Å²) >= 11 is 0. The molecule has 1 saturated heterocycles. The van der Waals surface area contributed by atoms with Gasteiger partial charge in [-0.1, -0.05) is 30.3 Å². The van der Waals surface area contributed by atoms with Gasteiger partial charge >= 0.3 is 6.03 Å². The largest absolute Gasteiger partial charge is 0.495 e. The van der Waals surface area contributed by atoms with Crippen molar-refractivity contribution in [3.05, 3.63) is 65.9 Å². The normalized spacial score (nSPS) is 16.0. The minimum Gasteiger partial charge on any atom is -0.495 e. The molecule has 4 amide bonds. The molecule has 0 atom stereocenters. The predicted octanol–water partition coefficient (Wildman–Crippen LogP) is 2.85. The highest BCUT2D eigenvalue weighted by molar-refractivity contribution is 6.39. The molecule has 2 heterocycles.